The van der Waals surface area contributed by atoms with Crippen LogP contribution in [-0.4, -0.2) is 27.7 Å². The molecule has 4 saturated carbocycles. The van der Waals surface area contributed by atoms with E-state index in [0.717, 1.165) is 44.9 Å². The lowest BCUT2D eigenvalue weighted by Crippen LogP contribution is -2.58. The molecule has 0 heterocycles. The second-order valence-electron chi connectivity index (χ2n) is 9.74. The number of aliphatic hydroxyl groups excluding tert-OH is 1. The van der Waals surface area contributed by atoms with Crippen LogP contribution in [0.15, 0.2) is 0 Å². The average molecular weight is 320 g/mol. The summed E-state index contributed by atoms with van der Waals surface area (Å²) in [6, 6.07) is 0. The van der Waals surface area contributed by atoms with Gasteiger partial charge in [0.05, 0.1) is 5.60 Å². The number of ketones is 1. The molecule has 4 aliphatic rings. The predicted octanol–water partition coefficient (Wildman–Crippen LogP) is 3.32. The quantitative estimate of drug-likeness (QED) is 0.720. The van der Waals surface area contributed by atoms with Crippen molar-refractivity contribution in [3.8, 4) is 0 Å². The van der Waals surface area contributed by atoms with E-state index < -0.39 is 11.7 Å². The number of aliphatic hydroxyl groups is 2. The summed E-state index contributed by atoms with van der Waals surface area (Å²) in [6.45, 7) is 6.68. The van der Waals surface area contributed by atoms with Crippen LogP contribution in [0, 0.1) is 34.5 Å². The minimum absolute atomic E-state index is 0.0511. The topological polar surface area (TPSA) is 57.5 Å². The van der Waals surface area contributed by atoms with Crippen molar-refractivity contribution in [2.45, 2.75) is 83.8 Å². The second-order valence-corrected chi connectivity index (χ2v) is 9.74. The molecule has 4 fully saturated rings. The van der Waals surface area contributed by atoms with Gasteiger partial charge in [0.1, 0.15) is 6.10 Å². The van der Waals surface area contributed by atoms with Crippen molar-refractivity contribution in [1.29, 1.82) is 0 Å². The van der Waals surface area contributed by atoms with Crippen molar-refractivity contribution in [3.05, 3.63) is 0 Å². The molecule has 0 saturated heterocycles. The maximum Gasteiger partial charge on any atom is 0.164 e. The molecule has 0 aromatic rings. The average Bonchev–Trinajstić information content (AvgIpc) is 2.74. The summed E-state index contributed by atoms with van der Waals surface area (Å²) in [7, 11) is 0. The first-order valence-corrected chi connectivity index (χ1v) is 9.65. The Bertz CT molecular complexity index is 527. The van der Waals surface area contributed by atoms with Crippen molar-refractivity contribution in [3.63, 3.8) is 0 Å². The molecular formula is C20H32O3. The molecule has 23 heavy (non-hydrogen) atoms. The van der Waals surface area contributed by atoms with Crippen molar-refractivity contribution >= 4 is 5.78 Å². The smallest absolute Gasteiger partial charge is 0.164 e. The van der Waals surface area contributed by atoms with Gasteiger partial charge in [-0.1, -0.05) is 13.8 Å². The third-order valence-corrected chi connectivity index (χ3v) is 9.06. The molecule has 130 valence electrons. The standard InChI is InChI=1S/C20H32O3/c1-18-9-8-16(21)17(22)15(18)5-4-12-13(18)6-10-19(2)14(12)7-11-20(19,3)23/h12-16,21,23H,4-11H2,1-3H3/t12-,13+,14+,15-,16-,18-,19+,20+/m1/s1. The zero-order valence-corrected chi connectivity index (χ0v) is 14.8. The molecule has 3 heteroatoms. The molecule has 0 unspecified atom stereocenters. The first kappa shape index (κ1) is 16.1. The molecule has 0 spiro atoms. The molecule has 0 amide bonds. The number of carbonyl (C=O) groups excluding carboxylic acids is 1. The zero-order chi connectivity index (χ0) is 16.6. The molecule has 4 rings (SSSR count). The lowest BCUT2D eigenvalue weighted by Gasteiger charge is -2.60. The maximum atomic E-state index is 12.5. The molecule has 0 aliphatic heterocycles. The normalized spacial score (nSPS) is 59.2. The summed E-state index contributed by atoms with van der Waals surface area (Å²) < 4.78 is 0. The monoisotopic (exact) mass is 320 g/mol. The fraction of sp³-hybridized carbons (Fsp3) is 0.950. The van der Waals surface area contributed by atoms with Gasteiger partial charge < -0.3 is 10.2 Å². The number of fused-ring (bicyclic) bond motifs is 5. The zero-order valence-electron chi connectivity index (χ0n) is 14.8. The second kappa shape index (κ2) is 4.82. The predicted molar refractivity (Wildman–Crippen MR) is 88.7 cm³/mol. The fourth-order valence-corrected chi connectivity index (χ4v) is 7.35. The highest BCUT2D eigenvalue weighted by atomic mass is 16.3. The summed E-state index contributed by atoms with van der Waals surface area (Å²) in [5.41, 5.74) is -0.399. The molecule has 0 radical (unpaired) electrons. The van der Waals surface area contributed by atoms with Crippen LogP contribution < -0.4 is 0 Å². The molecule has 4 aliphatic carbocycles. The van der Waals surface area contributed by atoms with Gasteiger partial charge in [-0.2, -0.15) is 0 Å². The van der Waals surface area contributed by atoms with Gasteiger partial charge in [-0.25, -0.2) is 0 Å². The van der Waals surface area contributed by atoms with Crippen LogP contribution in [0.1, 0.15) is 72.1 Å². The largest absolute Gasteiger partial charge is 0.390 e. The summed E-state index contributed by atoms with van der Waals surface area (Å²) in [5.74, 6) is 2.05. The SMILES string of the molecule is C[C@]12CC[C@@H](O)C(=O)[C@H]1CC[C@@H]1[C@@H]2CC[C@@]2(C)[C@H]1CC[C@]2(C)O. The molecule has 8 atom stereocenters. The highest BCUT2D eigenvalue weighted by Crippen LogP contribution is 2.67. The Morgan fingerprint density at radius 1 is 0.913 bits per heavy atom. The Morgan fingerprint density at radius 3 is 2.35 bits per heavy atom. The minimum Gasteiger partial charge on any atom is -0.390 e. The number of hydrogen-bond donors (Lipinski definition) is 2. The third kappa shape index (κ3) is 1.93. The van der Waals surface area contributed by atoms with E-state index >= 15 is 0 Å². The van der Waals surface area contributed by atoms with E-state index in [1.165, 1.54) is 0 Å². The van der Waals surface area contributed by atoms with Crippen molar-refractivity contribution < 1.29 is 15.0 Å². The van der Waals surface area contributed by atoms with Gasteiger partial charge in [0.15, 0.2) is 5.78 Å². The van der Waals surface area contributed by atoms with E-state index in [1.807, 2.05) is 6.92 Å². The van der Waals surface area contributed by atoms with Gasteiger partial charge in [0, 0.05) is 5.92 Å². The van der Waals surface area contributed by atoms with Crippen LogP contribution in [0.4, 0.5) is 0 Å². The van der Waals surface area contributed by atoms with E-state index in [1.54, 1.807) is 0 Å². The first-order chi connectivity index (χ1) is 10.7. The number of carbonyl (C=O) groups is 1. The Hall–Kier alpha value is -0.410. The van der Waals surface area contributed by atoms with E-state index in [0.29, 0.717) is 24.2 Å². The van der Waals surface area contributed by atoms with Crippen molar-refractivity contribution in [2.24, 2.45) is 34.5 Å². The molecule has 3 nitrogen and oxygen atoms in total. The van der Waals surface area contributed by atoms with E-state index in [4.69, 9.17) is 0 Å². The van der Waals surface area contributed by atoms with E-state index in [2.05, 4.69) is 13.8 Å². The Kier molecular flexibility index (Phi) is 3.37. The summed E-state index contributed by atoms with van der Waals surface area (Å²) in [5, 5.41) is 20.9. The van der Waals surface area contributed by atoms with Crippen LogP contribution in [0.5, 0.6) is 0 Å². The highest BCUT2D eigenvalue weighted by molar-refractivity contribution is 5.86. The van der Waals surface area contributed by atoms with Gasteiger partial charge >= 0.3 is 0 Å². The number of hydrogen-bond acceptors (Lipinski definition) is 3. The molecule has 0 aromatic heterocycles. The third-order valence-electron chi connectivity index (χ3n) is 9.06. The Balaban J connectivity index is 1.66. The van der Waals surface area contributed by atoms with Crippen LogP contribution in [0.2, 0.25) is 0 Å². The number of rotatable bonds is 0. The minimum atomic E-state index is -0.717. The van der Waals surface area contributed by atoms with Gasteiger partial charge in [-0.3, -0.25) is 4.79 Å². The van der Waals surface area contributed by atoms with Gasteiger partial charge in [0.25, 0.3) is 0 Å². The molecule has 0 aromatic carbocycles. The maximum absolute atomic E-state index is 12.5. The van der Waals surface area contributed by atoms with Crippen molar-refractivity contribution in [2.75, 3.05) is 0 Å². The van der Waals surface area contributed by atoms with E-state index in [-0.39, 0.29) is 22.5 Å². The lowest BCUT2D eigenvalue weighted by molar-refractivity contribution is -0.168. The molecular weight excluding hydrogens is 288 g/mol. The summed E-state index contributed by atoms with van der Waals surface area (Å²) >= 11 is 0. The molecule has 0 bridgehead atoms. The Morgan fingerprint density at radius 2 is 1.61 bits per heavy atom. The van der Waals surface area contributed by atoms with Crippen LogP contribution in [-0.2, 0) is 4.79 Å². The summed E-state index contributed by atoms with van der Waals surface area (Å²) in [4.78, 5) is 12.5. The highest BCUT2D eigenvalue weighted by Gasteiger charge is 2.64. The fourth-order valence-electron chi connectivity index (χ4n) is 7.35. The molecule has 2 N–H and O–H groups in total. The van der Waals surface area contributed by atoms with Gasteiger partial charge in [0.2, 0.25) is 0 Å². The van der Waals surface area contributed by atoms with Crippen LogP contribution in [0.25, 0.3) is 0 Å². The number of Topliss-reactive ketones (excluding diaryl/α,β-unsaturated/α-hetero) is 1. The van der Waals surface area contributed by atoms with Gasteiger partial charge in [-0.15, -0.1) is 0 Å². The first-order valence-electron chi connectivity index (χ1n) is 9.65. The van der Waals surface area contributed by atoms with Gasteiger partial charge in [-0.05, 0) is 86.9 Å². The van der Waals surface area contributed by atoms with Crippen molar-refractivity contribution in [1.82, 2.24) is 0 Å². The van der Waals surface area contributed by atoms with E-state index in [9.17, 15) is 15.0 Å². The summed E-state index contributed by atoms with van der Waals surface area (Å²) in [6.07, 6.45) is 7.28. The van der Waals surface area contributed by atoms with Crippen LogP contribution in [0.3, 0.4) is 0 Å². The lowest BCUT2D eigenvalue weighted by atomic mass is 9.44. The Labute approximate surface area is 139 Å². The van der Waals surface area contributed by atoms with Crippen LogP contribution >= 0.6 is 0 Å².